The average Bonchev–Trinajstić information content (AvgIpc) is 2.16. The Hall–Kier alpha value is -1.07. The molecule has 0 amide bonds. The van der Waals surface area contributed by atoms with Gasteiger partial charge in [0.15, 0.2) is 5.82 Å². The highest BCUT2D eigenvalue weighted by atomic mass is 35.5. The fraction of sp³-hybridized carbons (Fsp3) is 0.500. The molecular formula is C8H13ClN4O. The van der Waals surface area contributed by atoms with Crippen LogP contribution in [0.5, 0.6) is 6.01 Å². The zero-order valence-corrected chi connectivity index (χ0v) is 8.88. The first-order valence-electron chi connectivity index (χ1n) is 4.19. The van der Waals surface area contributed by atoms with E-state index in [4.69, 9.17) is 22.1 Å². The molecule has 0 bridgehead atoms. The second-order valence-corrected chi connectivity index (χ2v) is 3.32. The molecule has 0 radical (unpaired) electrons. The summed E-state index contributed by atoms with van der Waals surface area (Å²) in [6.45, 7) is 2.49. The van der Waals surface area contributed by atoms with Crippen molar-refractivity contribution in [1.29, 1.82) is 0 Å². The minimum Gasteiger partial charge on any atom is -0.467 e. The molecule has 1 rings (SSSR count). The van der Waals surface area contributed by atoms with Crippen molar-refractivity contribution in [2.45, 2.75) is 13.0 Å². The Balaban J connectivity index is 2.73. The molecule has 0 aliphatic carbocycles. The van der Waals surface area contributed by atoms with Crippen molar-refractivity contribution in [3.63, 3.8) is 0 Å². The smallest absolute Gasteiger partial charge is 0.318 e. The molecule has 1 unspecified atom stereocenters. The van der Waals surface area contributed by atoms with Gasteiger partial charge in [-0.15, -0.1) is 0 Å². The van der Waals surface area contributed by atoms with Gasteiger partial charge in [0.2, 0.25) is 0 Å². The number of nitrogens with one attached hydrogen (secondary N) is 1. The largest absolute Gasteiger partial charge is 0.467 e. The van der Waals surface area contributed by atoms with Crippen molar-refractivity contribution < 1.29 is 4.74 Å². The zero-order valence-electron chi connectivity index (χ0n) is 8.12. The first-order valence-corrected chi connectivity index (χ1v) is 4.57. The Morgan fingerprint density at radius 2 is 2.43 bits per heavy atom. The third-order valence-electron chi connectivity index (χ3n) is 1.50. The summed E-state index contributed by atoms with van der Waals surface area (Å²) in [5.41, 5.74) is 5.58. The number of nitrogens with zero attached hydrogens (tertiary/aromatic N) is 2. The zero-order chi connectivity index (χ0) is 10.6. The van der Waals surface area contributed by atoms with Gasteiger partial charge in [-0.1, -0.05) is 11.6 Å². The Labute approximate surface area is 87.6 Å². The van der Waals surface area contributed by atoms with E-state index in [1.165, 1.54) is 13.3 Å². The van der Waals surface area contributed by atoms with E-state index in [1.54, 1.807) is 0 Å². The highest BCUT2D eigenvalue weighted by Crippen LogP contribution is 2.19. The van der Waals surface area contributed by atoms with Crippen LogP contribution >= 0.6 is 11.6 Å². The maximum atomic E-state index is 5.85. The minimum absolute atomic E-state index is 0.0343. The molecule has 0 fully saturated rings. The van der Waals surface area contributed by atoms with Crippen molar-refractivity contribution in [1.82, 2.24) is 9.97 Å². The predicted molar refractivity (Wildman–Crippen MR) is 55.7 cm³/mol. The van der Waals surface area contributed by atoms with E-state index >= 15 is 0 Å². The summed E-state index contributed by atoms with van der Waals surface area (Å²) >= 11 is 5.85. The third kappa shape index (κ3) is 3.01. The lowest BCUT2D eigenvalue weighted by molar-refractivity contribution is 0.380. The Morgan fingerprint density at radius 3 is 3.00 bits per heavy atom. The van der Waals surface area contributed by atoms with E-state index in [-0.39, 0.29) is 12.1 Å². The summed E-state index contributed by atoms with van der Waals surface area (Å²) in [5, 5.41) is 3.45. The van der Waals surface area contributed by atoms with Crippen LogP contribution in [-0.4, -0.2) is 29.7 Å². The second-order valence-electron chi connectivity index (χ2n) is 2.91. The summed E-state index contributed by atoms with van der Waals surface area (Å²) in [5.74, 6) is 0.538. The molecule has 1 atom stereocenters. The van der Waals surface area contributed by atoms with Gasteiger partial charge in [0.05, 0.1) is 13.3 Å². The molecule has 1 aromatic rings. The van der Waals surface area contributed by atoms with Gasteiger partial charge in [0.25, 0.3) is 0 Å². The lowest BCUT2D eigenvalue weighted by Gasteiger charge is -2.09. The van der Waals surface area contributed by atoms with Crippen LogP contribution in [0.1, 0.15) is 6.92 Å². The molecule has 0 saturated heterocycles. The average molecular weight is 217 g/mol. The second kappa shape index (κ2) is 4.97. The van der Waals surface area contributed by atoms with Gasteiger partial charge in [-0.2, -0.15) is 4.98 Å². The summed E-state index contributed by atoms with van der Waals surface area (Å²) in [6, 6.07) is 0.314. The highest BCUT2D eigenvalue weighted by molar-refractivity contribution is 6.32. The number of hydrogen-bond acceptors (Lipinski definition) is 5. The summed E-state index contributed by atoms with van der Waals surface area (Å²) < 4.78 is 4.86. The molecule has 3 N–H and O–H groups in total. The van der Waals surface area contributed by atoms with Crippen molar-refractivity contribution >= 4 is 17.4 Å². The van der Waals surface area contributed by atoms with Gasteiger partial charge in [0.1, 0.15) is 5.02 Å². The van der Waals surface area contributed by atoms with Crippen LogP contribution in [0.4, 0.5) is 5.82 Å². The van der Waals surface area contributed by atoms with Crippen LogP contribution in [0.25, 0.3) is 0 Å². The first-order chi connectivity index (χ1) is 6.63. The van der Waals surface area contributed by atoms with Crippen molar-refractivity contribution in [3.05, 3.63) is 11.2 Å². The maximum Gasteiger partial charge on any atom is 0.318 e. The van der Waals surface area contributed by atoms with Gasteiger partial charge >= 0.3 is 6.01 Å². The lowest BCUT2D eigenvalue weighted by Crippen LogP contribution is -2.25. The molecule has 6 heteroatoms. The van der Waals surface area contributed by atoms with Gasteiger partial charge in [-0.3, -0.25) is 0 Å². The monoisotopic (exact) mass is 216 g/mol. The summed E-state index contributed by atoms with van der Waals surface area (Å²) in [6.07, 6.45) is 1.48. The SMILES string of the molecule is COc1ncc(Cl)c(NCC(C)N)n1. The van der Waals surface area contributed by atoms with Crippen LogP contribution in [0.15, 0.2) is 6.20 Å². The van der Waals surface area contributed by atoms with Crippen LogP contribution in [0.2, 0.25) is 5.02 Å². The number of halogens is 1. The van der Waals surface area contributed by atoms with Gasteiger partial charge < -0.3 is 15.8 Å². The molecule has 0 aromatic carbocycles. The first kappa shape index (κ1) is 11.0. The third-order valence-corrected chi connectivity index (χ3v) is 1.77. The van der Waals surface area contributed by atoms with Crippen LogP contribution in [0, 0.1) is 0 Å². The standard InChI is InChI=1S/C8H13ClN4O/c1-5(10)3-11-7-6(9)4-12-8(13-7)14-2/h4-5H,3,10H2,1-2H3,(H,11,12,13). The Kier molecular flexibility index (Phi) is 3.91. The van der Waals surface area contributed by atoms with E-state index in [0.29, 0.717) is 17.4 Å². The maximum absolute atomic E-state index is 5.85. The van der Waals surface area contributed by atoms with Crippen LogP contribution in [0.3, 0.4) is 0 Å². The number of ether oxygens (including phenoxy) is 1. The fourth-order valence-electron chi connectivity index (χ4n) is 0.831. The normalized spacial score (nSPS) is 12.3. The molecule has 0 aliphatic heterocycles. The van der Waals surface area contributed by atoms with E-state index in [0.717, 1.165) is 0 Å². The molecule has 0 spiro atoms. The van der Waals surface area contributed by atoms with Gasteiger partial charge in [0, 0.05) is 12.6 Å². The number of aromatic nitrogens is 2. The van der Waals surface area contributed by atoms with Crippen LogP contribution in [-0.2, 0) is 0 Å². The number of rotatable bonds is 4. The van der Waals surface area contributed by atoms with Crippen molar-refractivity contribution in [2.24, 2.45) is 5.73 Å². The molecule has 1 heterocycles. The molecule has 0 aliphatic rings. The molecule has 14 heavy (non-hydrogen) atoms. The van der Waals surface area contributed by atoms with E-state index in [9.17, 15) is 0 Å². The van der Waals surface area contributed by atoms with Gasteiger partial charge in [-0.25, -0.2) is 4.98 Å². The topological polar surface area (TPSA) is 73.1 Å². The Morgan fingerprint density at radius 1 is 1.71 bits per heavy atom. The van der Waals surface area contributed by atoms with Crippen LogP contribution < -0.4 is 15.8 Å². The molecular weight excluding hydrogens is 204 g/mol. The lowest BCUT2D eigenvalue weighted by atomic mass is 10.3. The Bertz CT molecular complexity index is 305. The summed E-state index contributed by atoms with van der Waals surface area (Å²) in [7, 11) is 1.50. The van der Waals surface area contributed by atoms with E-state index < -0.39 is 0 Å². The predicted octanol–water partition coefficient (Wildman–Crippen LogP) is 0.898. The van der Waals surface area contributed by atoms with Crippen molar-refractivity contribution in [3.8, 4) is 6.01 Å². The van der Waals surface area contributed by atoms with Crippen molar-refractivity contribution in [2.75, 3.05) is 19.0 Å². The number of anilines is 1. The minimum atomic E-state index is 0.0343. The van der Waals surface area contributed by atoms with E-state index in [2.05, 4.69) is 15.3 Å². The number of hydrogen-bond donors (Lipinski definition) is 2. The van der Waals surface area contributed by atoms with Gasteiger partial charge in [-0.05, 0) is 6.92 Å². The number of nitrogens with two attached hydrogens (primary N) is 1. The fourth-order valence-corrected chi connectivity index (χ4v) is 0.989. The molecule has 5 nitrogen and oxygen atoms in total. The molecule has 1 aromatic heterocycles. The molecule has 78 valence electrons. The highest BCUT2D eigenvalue weighted by Gasteiger charge is 2.05. The molecule has 0 saturated carbocycles. The number of methoxy groups -OCH3 is 1. The quantitative estimate of drug-likeness (QED) is 0.782. The van der Waals surface area contributed by atoms with E-state index in [1.807, 2.05) is 6.92 Å². The summed E-state index contributed by atoms with van der Waals surface area (Å²) in [4.78, 5) is 7.88.